The van der Waals surface area contributed by atoms with Gasteiger partial charge >= 0.3 is 0 Å². The molecule has 0 saturated heterocycles. The van der Waals surface area contributed by atoms with Gasteiger partial charge in [-0.05, 0) is 26.8 Å². The zero-order valence-electron chi connectivity index (χ0n) is 15.5. The normalized spacial score (nSPS) is 12.3. The highest BCUT2D eigenvalue weighted by atomic mass is 32.2. The summed E-state index contributed by atoms with van der Waals surface area (Å²) in [5.41, 5.74) is 6.09. The van der Waals surface area contributed by atoms with Crippen LogP contribution in [0.5, 0.6) is 0 Å². The molecule has 0 fully saturated rings. The zero-order chi connectivity index (χ0) is 20.5. The fourth-order valence-electron chi connectivity index (χ4n) is 2.28. The number of nitrogen functional groups attached to an aromatic ring is 1. The fourth-order valence-corrected chi connectivity index (χ4v) is 3.45. The van der Waals surface area contributed by atoms with Crippen molar-refractivity contribution in [2.75, 3.05) is 12.3 Å². The topological polar surface area (TPSA) is 162 Å². The van der Waals surface area contributed by atoms with Crippen molar-refractivity contribution in [3.63, 3.8) is 0 Å². The van der Waals surface area contributed by atoms with Gasteiger partial charge in [-0.25, -0.2) is 28.1 Å². The van der Waals surface area contributed by atoms with E-state index >= 15 is 0 Å². The Balaban J connectivity index is 2.02. The number of anilines is 1. The minimum Gasteiger partial charge on any atom is -0.389 e. The van der Waals surface area contributed by atoms with E-state index in [1.807, 2.05) is 0 Å². The molecule has 28 heavy (non-hydrogen) atoms. The third-order valence-corrected chi connectivity index (χ3v) is 5.13. The molecule has 3 aromatic heterocycles. The number of nitrogens with zero attached hydrogens (tertiary/aromatic N) is 6. The molecule has 12 heteroatoms. The molecule has 0 amide bonds. The third-order valence-electron chi connectivity index (χ3n) is 3.76. The summed E-state index contributed by atoms with van der Waals surface area (Å²) in [6.07, 6.45) is 5.44. The molecule has 11 nitrogen and oxygen atoms in total. The van der Waals surface area contributed by atoms with Crippen molar-refractivity contribution in [3.8, 4) is 17.1 Å². The molecule has 0 saturated carbocycles. The van der Waals surface area contributed by atoms with Crippen LogP contribution >= 0.6 is 0 Å². The van der Waals surface area contributed by atoms with E-state index < -0.39 is 15.6 Å². The highest BCUT2D eigenvalue weighted by Crippen LogP contribution is 2.25. The molecule has 0 aliphatic heterocycles. The highest BCUT2D eigenvalue weighted by Gasteiger charge is 2.22. The summed E-state index contributed by atoms with van der Waals surface area (Å²) >= 11 is 0. The predicted molar refractivity (Wildman–Crippen MR) is 101 cm³/mol. The van der Waals surface area contributed by atoms with Gasteiger partial charge in [0, 0.05) is 24.0 Å². The van der Waals surface area contributed by atoms with Gasteiger partial charge in [0.2, 0.25) is 10.0 Å². The largest absolute Gasteiger partial charge is 0.389 e. The molecular weight excluding hydrogens is 384 g/mol. The maximum atomic E-state index is 12.5. The number of pyridine rings is 1. The second kappa shape index (κ2) is 7.22. The lowest BCUT2D eigenvalue weighted by molar-refractivity contribution is 0.0857. The maximum absolute atomic E-state index is 12.5. The van der Waals surface area contributed by atoms with E-state index in [4.69, 9.17) is 5.73 Å². The number of nitrogens with one attached hydrogen (secondary N) is 1. The Morgan fingerprint density at radius 3 is 2.68 bits per heavy atom. The molecule has 0 aromatic carbocycles. The standard InChI is InChI=1S/C16H20N8O3S/c1-10-12(4-11(5-19-10)28(26,27)22-7-16(2,3)25)13-6-20-14(17)15(23-13)24-9-18-8-21-24/h4-6,8-9,22,25H,7H2,1-3H3,(H2,17,20). The van der Waals surface area contributed by atoms with Crippen LogP contribution in [0.1, 0.15) is 19.5 Å². The van der Waals surface area contributed by atoms with Crippen LogP contribution in [0.25, 0.3) is 17.1 Å². The monoisotopic (exact) mass is 404 g/mol. The smallest absolute Gasteiger partial charge is 0.242 e. The van der Waals surface area contributed by atoms with Crippen LogP contribution in [0.15, 0.2) is 36.0 Å². The Morgan fingerprint density at radius 1 is 1.29 bits per heavy atom. The highest BCUT2D eigenvalue weighted by molar-refractivity contribution is 7.89. The fraction of sp³-hybridized carbons (Fsp3) is 0.312. The van der Waals surface area contributed by atoms with Crippen LogP contribution < -0.4 is 10.5 Å². The molecule has 0 radical (unpaired) electrons. The number of hydrogen-bond donors (Lipinski definition) is 3. The summed E-state index contributed by atoms with van der Waals surface area (Å²) in [7, 11) is -3.88. The van der Waals surface area contributed by atoms with E-state index in [0.29, 0.717) is 17.0 Å². The minimum absolute atomic E-state index is 0.0571. The van der Waals surface area contributed by atoms with E-state index in [1.165, 1.54) is 49.6 Å². The Hall–Kier alpha value is -2.96. The molecule has 0 unspecified atom stereocenters. The lowest BCUT2D eigenvalue weighted by Gasteiger charge is -2.18. The van der Waals surface area contributed by atoms with Gasteiger partial charge in [0.25, 0.3) is 0 Å². The molecule has 0 aliphatic rings. The summed E-state index contributed by atoms with van der Waals surface area (Å²) in [6.45, 7) is 4.59. The molecule has 0 spiro atoms. The molecule has 3 heterocycles. The molecule has 4 N–H and O–H groups in total. The van der Waals surface area contributed by atoms with Gasteiger partial charge in [0.1, 0.15) is 17.6 Å². The number of aliphatic hydroxyl groups is 1. The van der Waals surface area contributed by atoms with E-state index in [2.05, 4.69) is 29.8 Å². The van der Waals surface area contributed by atoms with Crippen molar-refractivity contribution in [1.82, 2.24) is 34.4 Å². The van der Waals surface area contributed by atoms with Crippen LogP contribution in [-0.4, -0.2) is 55.4 Å². The molecular formula is C16H20N8O3S. The van der Waals surface area contributed by atoms with Crippen molar-refractivity contribution in [2.45, 2.75) is 31.3 Å². The third kappa shape index (κ3) is 4.30. The van der Waals surface area contributed by atoms with Crippen LogP contribution in [0.3, 0.4) is 0 Å². The van der Waals surface area contributed by atoms with Gasteiger partial charge in [0.05, 0.1) is 17.5 Å². The van der Waals surface area contributed by atoms with Crippen molar-refractivity contribution in [1.29, 1.82) is 0 Å². The van der Waals surface area contributed by atoms with Gasteiger partial charge in [-0.3, -0.25) is 4.98 Å². The average molecular weight is 404 g/mol. The predicted octanol–water partition coefficient (Wildman–Crippen LogP) is 0.0591. The van der Waals surface area contributed by atoms with E-state index in [9.17, 15) is 13.5 Å². The second-order valence-corrected chi connectivity index (χ2v) is 8.51. The van der Waals surface area contributed by atoms with Gasteiger partial charge in [-0.1, -0.05) is 0 Å². The van der Waals surface area contributed by atoms with Crippen molar-refractivity contribution < 1.29 is 13.5 Å². The summed E-state index contributed by atoms with van der Waals surface area (Å²) in [5, 5.41) is 13.8. The molecule has 0 bridgehead atoms. The maximum Gasteiger partial charge on any atom is 0.242 e. The van der Waals surface area contributed by atoms with Gasteiger partial charge in [-0.2, -0.15) is 9.78 Å². The molecule has 0 aliphatic carbocycles. The molecule has 3 rings (SSSR count). The number of sulfonamides is 1. The Bertz CT molecular complexity index is 1090. The summed E-state index contributed by atoms with van der Waals surface area (Å²) in [6, 6.07) is 1.44. The first kappa shape index (κ1) is 19.8. The van der Waals surface area contributed by atoms with Crippen LogP contribution in [-0.2, 0) is 10.0 Å². The summed E-state index contributed by atoms with van der Waals surface area (Å²) in [4.78, 5) is 16.5. The Morgan fingerprint density at radius 2 is 2.04 bits per heavy atom. The molecule has 3 aromatic rings. The van der Waals surface area contributed by atoms with Crippen LogP contribution in [0.4, 0.5) is 5.82 Å². The van der Waals surface area contributed by atoms with E-state index in [0.717, 1.165) is 0 Å². The second-order valence-electron chi connectivity index (χ2n) is 6.75. The number of aryl methyl sites for hydroxylation is 1. The average Bonchev–Trinajstić information content (AvgIpc) is 3.15. The first-order valence-corrected chi connectivity index (χ1v) is 9.72. The number of hydrogen-bond acceptors (Lipinski definition) is 9. The minimum atomic E-state index is -3.88. The van der Waals surface area contributed by atoms with Crippen LogP contribution in [0.2, 0.25) is 0 Å². The zero-order valence-corrected chi connectivity index (χ0v) is 16.3. The first-order chi connectivity index (χ1) is 13.1. The molecule has 0 atom stereocenters. The number of aromatic nitrogens is 6. The first-order valence-electron chi connectivity index (χ1n) is 8.23. The summed E-state index contributed by atoms with van der Waals surface area (Å²) in [5.74, 6) is 0.415. The lowest BCUT2D eigenvalue weighted by atomic mass is 10.1. The SMILES string of the molecule is Cc1ncc(S(=O)(=O)NCC(C)(C)O)cc1-c1cnc(N)c(-n2cncn2)n1. The van der Waals surface area contributed by atoms with E-state index in [-0.39, 0.29) is 23.1 Å². The van der Waals surface area contributed by atoms with Crippen molar-refractivity contribution >= 4 is 15.8 Å². The number of rotatable bonds is 6. The van der Waals surface area contributed by atoms with Crippen molar-refractivity contribution in [2.24, 2.45) is 0 Å². The van der Waals surface area contributed by atoms with E-state index in [1.54, 1.807) is 6.92 Å². The van der Waals surface area contributed by atoms with Gasteiger partial charge in [-0.15, -0.1) is 0 Å². The van der Waals surface area contributed by atoms with Crippen LogP contribution in [0, 0.1) is 6.92 Å². The van der Waals surface area contributed by atoms with Gasteiger partial charge < -0.3 is 10.8 Å². The summed E-state index contributed by atoms with van der Waals surface area (Å²) < 4.78 is 28.8. The number of nitrogens with two attached hydrogens (primary N) is 1. The molecule has 148 valence electrons. The Kier molecular flexibility index (Phi) is 5.10. The van der Waals surface area contributed by atoms with Crippen molar-refractivity contribution in [3.05, 3.63) is 36.8 Å². The lowest BCUT2D eigenvalue weighted by Crippen LogP contribution is -2.38. The Labute approximate surface area is 161 Å². The van der Waals surface area contributed by atoms with Gasteiger partial charge in [0.15, 0.2) is 11.6 Å². The quantitative estimate of drug-likeness (QED) is 0.515.